The third-order valence-electron chi connectivity index (χ3n) is 5.15. The lowest BCUT2D eigenvalue weighted by atomic mass is 9.94. The molecule has 0 spiro atoms. The Balaban J connectivity index is 1.58. The lowest BCUT2D eigenvalue weighted by molar-refractivity contribution is -0.134. The molecule has 2 aromatic heterocycles. The summed E-state index contributed by atoms with van der Waals surface area (Å²) in [5, 5.41) is 0. The van der Waals surface area contributed by atoms with Crippen LogP contribution in [-0.4, -0.2) is 43.8 Å². The molecular weight excluding hydrogens is 318 g/mol. The Morgan fingerprint density at radius 3 is 2.92 bits per heavy atom. The number of aromatic amines is 1. The molecule has 130 valence electrons. The second kappa shape index (κ2) is 6.38. The lowest BCUT2D eigenvalue weighted by Gasteiger charge is -2.32. The Morgan fingerprint density at radius 2 is 2.20 bits per heavy atom. The van der Waals surface area contributed by atoms with E-state index in [0.717, 1.165) is 31.5 Å². The number of carbonyl (C=O) groups is 1. The maximum atomic E-state index is 12.5. The first-order valence-corrected chi connectivity index (χ1v) is 8.78. The Morgan fingerprint density at radius 1 is 1.36 bits per heavy atom. The molecule has 7 heteroatoms. The average molecular weight is 339 g/mol. The van der Waals surface area contributed by atoms with Gasteiger partial charge in [0.05, 0.1) is 11.9 Å². The van der Waals surface area contributed by atoms with Crippen LogP contribution in [0.4, 0.5) is 0 Å². The van der Waals surface area contributed by atoms with Gasteiger partial charge in [0.2, 0.25) is 5.91 Å². The molecule has 1 aliphatic carbocycles. The molecule has 2 fully saturated rings. The van der Waals surface area contributed by atoms with Gasteiger partial charge in [-0.3, -0.25) is 14.6 Å². The maximum absolute atomic E-state index is 12.5. The van der Waals surface area contributed by atoms with Crippen LogP contribution >= 0.6 is 0 Å². The number of hydrogen-bond donors (Lipinski definition) is 1. The Kier molecular flexibility index (Phi) is 4.07. The van der Waals surface area contributed by atoms with E-state index < -0.39 is 0 Å². The quantitative estimate of drug-likeness (QED) is 0.917. The molecule has 0 unspecified atom stereocenters. The van der Waals surface area contributed by atoms with Gasteiger partial charge >= 0.3 is 0 Å². The minimum absolute atomic E-state index is 0.0875. The number of aromatic nitrogens is 4. The second-order valence-electron chi connectivity index (χ2n) is 7.05. The molecule has 1 amide bonds. The molecule has 4 rings (SSSR count). The van der Waals surface area contributed by atoms with Crippen LogP contribution in [0.5, 0.6) is 0 Å². The zero-order valence-electron chi connectivity index (χ0n) is 14.2. The van der Waals surface area contributed by atoms with Crippen molar-refractivity contribution in [1.29, 1.82) is 0 Å². The zero-order chi connectivity index (χ0) is 17.4. The van der Waals surface area contributed by atoms with Crippen molar-refractivity contribution in [2.75, 3.05) is 13.1 Å². The van der Waals surface area contributed by atoms with Crippen molar-refractivity contribution in [2.45, 2.75) is 32.1 Å². The number of amides is 1. The Bertz CT molecular complexity index is 835. The summed E-state index contributed by atoms with van der Waals surface area (Å²) in [6, 6.07) is 1.54. The summed E-state index contributed by atoms with van der Waals surface area (Å²) in [5.41, 5.74) is 1.06. The molecule has 0 aromatic carbocycles. The number of hydrogen-bond acceptors (Lipinski definition) is 5. The predicted molar refractivity (Wildman–Crippen MR) is 91.7 cm³/mol. The van der Waals surface area contributed by atoms with Crippen LogP contribution in [0, 0.1) is 11.8 Å². The SMILES string of the molecule is C[C@@H]1C[C@@H]1C(=O)N1CCC[C@@H](c2cc(=O)[nH]c(-c3cnccn3)n2)C1. The van der Waals surface area contributed by atoms with Gasteiger partial charge in [-0.1, -0.05) is 6.92 Å². The highest BCUT2D eigenvalue weighted by Gasteiger charge is 2.42. The van der Waals surface area contributed by atoms with Crippen molar-refractivity contribution >= 4 is 5.91 Å². The molecule has 1 aliphatic heterocycles. The van der Waals surface area contributed by atoms with E-state index >= 15 is 0 Å². The molecule has 2 aliphatic rings. The van der Waals surface area contributed by atoms with E-state index in [4.69, 9.17) is 0 Å². The summed E-state index contributed by atoms with van der Waals surface area (Å²) < 4.78 is 0. The van der Waals surface area contributed by atoms with Gasteiger partial charge in [-0.15, -0.1) is 0 Å². The van der Waals surface area contributed by atoms with Crippen LogP contribution in [0.25, 0.3) is 11.5 Å². The van der Waals surface area contributed by atoms with Crippen LogP contribution in [0.1, 0.15) is 37.8 Å². The fraction of sp³-hybridized carbons (Fsp3) is 0.500. The summed E-state index contributed by atoms with van der Waals surface area (Å²) in [6.07, 6.45) is 7.59. The van der Waals surface area contributed by atoms with Crippen molar-refractivity contribution in [2.24, 2.45) is 11.8 Å². The second-order valence-corrected chi connectivity index (χ2v) is 7.05. The molecule has 3 heterocycles. The Labute approximate surface area is 145 Å². The largest absolute Gasteiger partial charge is 0.342 e. The van der Waals surface area contributed by atoms with Crippen molar-refractivity contribution < 1.29 is 4.79 Å². The molecule has 25 heavy (non-hydrogen) atoms. The fourth-order valence-corrected chi connectivity index (χ4v) is 3.55. The third kappa shape index (κ3) is 3.31. The van der Waals surface area contributed by atoms with Crippen LogP contribution in [0.3, 0.4) is 0 Å². The first-order valence-electron chi connectivity index (χ1n) is 8.78. The molecule has 1 saturated heterocycles. The van der Waals surface area contributed by atoms with Crippen molar-refractivity contribution in [1.82, 2.24) is 24.8 Å². The number of H-pyrrole nitrogens is 1. The molecule has 0 bridgehead atoms. The number of piperidine rings is 1. The summed E-state index contributed by atoms with van der Waals surface area (Å²) in [6.45, 7) is 3.56. The highest BCUT2D eigenvalue weighted by Crippen LogP contribution is 2.40. The van der Waals surface area contributed by atoms with Gasteiger partial charge in [0.15, 0.2) is 5.82 Å². The van der Waals surface area contributed by atoms with Crippen molar-refractivity contribution in [3.8, 4) is 11.5 Å². The van der Waals surface area contributed by atoms with Crippen LogP contribution < -0.4 is 5.56 Å². The van der Waals surface area contributed by atoms with Crippen LogP contribution in [-0.2, 0) is 4.79 Å². The monoisotopic (exact) mass is 339 g/mol. The minimum atomic E-state index is -0.204. The van der Waals surface area contributed by atoms with E-state index in [-0.39, 0.29) is 23.3 Å². The molecule has 1 saturated carbocycles. The number of rotatable bonds is 3. The topological polar surface area (TPSA) is 91.8 Å². The predicted octanol–water partition coefficient (Wildman–Crippen LogP) is 1.59. The first kappa shape index (κ1) is 15.9. The number of carbonyl (C=O) groups excluding carboxylic acids is 1. The van der Waals surface area contributed by atoms with Gasteiger partial charge in [-0.2, -0.15) is 0 Å². The highest BCUT2D eigenvalue weighted by molar-refractivity contribution is 5.81. The average Bonchev–Trinajstić information content (AvgIpc) is 3.38. The number of nitrogens with zero attached hydrogens (tertiary/aromatic N) is 4. The summed E-state index contributed by atoms with van der Waals surface area (Å²) in [7, 11) is 0. The number of likely N-dealkylation sites (tertiary alicyclic amines) is 1. The van der Waals surface area contributed by atoms with E-state index in [9.17, 15) is 9.59 Å². The zero-order valence-corrected chi connectivity index (χ0v) is 14.2. The molecule has 7 nitrogen and oxygen atoms in total. The van der Waals surface area contributed by atoms with E-state index in [2.05, 4.69) is 26.9 Å². The fourth-order valence-electron chi connectivity index (χ4n) is 3.55. The van der Waals surface area contributed by atoms with Gasteiger partial charge in [0.1, 0.15) is 5.69 Å². The molecule has 0 radical (unpaired) electrons. The van der Waals surface area contributed by atoms with E-state index in [1.807, 2.05) is 4.90 Å². The summed E-state index contributed by atoms with van der Waals surface area (Å²) >= 11 is 0. The molecule has 2 aromatic rings. The molecule has 1 N–H and O–H groups in total. The minimum Gasteiger partial charge on any atom is -0.342 e. The highest BCUT2D eigenvalue weighted by atomic mass is 16.2. The van der Waals surface area contributed by atoms with E-state index in [0.29, 0.717) is 24.0 Å². The third-order valence-corrected chi connectivity index (χ3v) is 5.15. The smallest absolute Gasteiger partial charge is 0.251 e. The standard InChI is InChI=1S/C18H21N5O2/c1-11-7-13(11)18(25)23-6-2-3-12(10-23)14-8-16(24)22-17(21-14)15-9-19-4-5-20-15/h4-5,8-9,11-13H,2-3,6-7,10H2,1H3,(H,21,22,24)/t11-,12-,13+/m1/s1. The molecular formula is C18H21N5O2. The van der Waals surface area contributed by atoms with Crippen molar-refractivity contribution in [3.05, 3.63) is 40.7 Å². The first-order chi connectivity index (χ1) is 12.1. The van der Waals surface area contributed by atoms with Crippen LogP contribution in [0.15, 0.2) is 29.5 Å². The van der Waals surface area contributed by atoms with Crippen molar-refractivity contribution in [3.63, 3.8) is 0 Å². The maximum Gasteiger partial charge on any atom is 0.251 e. The van der Waals surface area contributed by atoms with Gasteiger partial charge in [0, 0.05) is 43.4 Å². The van der Waals surface area contributed by atoms with Gasteiger partial charge < -0.3 is 9.88 Å². The molecule has 3 atom stereocenters. The van der Waals surface area contributed by atoms with Gasteiger partial charge in [0.25, 0.3) is 5.56 Å². The van der Waals surface area contributed by atoms with Gasteiger partial charge in [-0.25, -0.2) is 9.97 Å². The summed E-state index contributed by atoms with van der Waals surface area (Å²) in [5.74, 6) is 1.48. The van der Waals surface area contributed by atoms with Gasteiger partial charge in [-0.05, 0) is 25.2 Å². The number of nitrogens with one attached hydrogen (secondary N) is 1. The van der Waals surface area contributed by atoms with E-state index in [1.165, 1.54) is 6.07 Å². The lowest BCUT2D eigenvalue weighted by Crippen LogP contribution is -2.40. The summed E-state index contributed by atoms with van der Waals surface area (Å²) in [4.78, 5) is 42.1. The van der Waals surface area contributed by atoms with Crippen LogP contribution in [0.2, 0.25) is 0 Å². The normalized spacial score (nSPS) is 25.6. The Hall–Kier alpha value is -2.57. The van der Waals surface area contributed by atoms with E-state index in [1.54, 1.807) is 18.6 Å².